The highest BCUT2D eigenvalue weighted by Gasteiger charge is 2.25. The SMILES string of the molecule is CCn1cc(CCN2CC[C@H](C)[C@H](OC)C2)cn1. The molecule has 1 fully saturated rings. The number of piperidine rings is 1. The molecule has 1 aliphatic heterocycles. The summed E-state index contributed by atoms with van der Waals surface area (Å²) < 4.78 is 7.54. The van der Waals surface area contributed by atoms with Crippen molar-refractivity contribution in [2.75, 3.05) is 26.7 Å². The fourth-order valence-electron chi connectivity index (χ4n) is 2.60. The number of likely N-dealkylation sites (tertiary alicyclic amines) is 1. The third-order valence-electron chi connectivity index (χ3n) is 4.00. The van der Waals surface area contributed by atoms with Gasteiger partial charge in [0.2, 0.25) is 0 Å². The molecule has 0 bridgehead atoms. The van der Waals surface area contributed by atoms with Crippen LogP contribution < -0.4 is 0 Å². The normalized spacial score (nSPS) is 25.5. The van der Waals surface area contributed by atoms with Gasteiger partial charge in [0, 0.05) is 32.9 Å². The van der Waals surface area contributed by atoms with Crippen molar-refractivity contribution in [3.63, 3.8) is 0 Å². The molecule has 0 unspecified atom stereocenters. The van der Waals surface area contributed by atoms with E-state index in [1.54, 1.807) is 0 Å². The number of aryl methyl sites for hydroxylation is 1. The number of nitrogens with zero attached hydrogens (tertiary/aromatic N) is 3. The molecule has 4 heteroatoms. The first-order chi connectivity index (χ1) is 8.72. The van der Waals surface area contributed by atoms with E-state index < -0.39 is 0 Å². The molecule has 0 aromatic carbocycles. The average Bonchev–Trinajstić information content (AvgIpc) is 2.86. The second-order valence-electron chi connectivity index (χ2n) is 5.29. The molecule has 0 amide bonds. The summed E-state index contributed by atoms with van der Waals surface area (Å²) in [5.41, 5.74) is 1.34. The summed E-state index contributed by atoms with van der Waals surface area (Å²) >= 11 is 0. The van der Waals surface area contributed by atoms with E-state index in [0.29, 0.717) is 12.0 Å². The van der Waals surface area contributed by atoms with Crippen molar-refractivity contribution < 1.29 is 4.74 Å². The number of hydrogen-bond donors (Lipinski definition) is 0. The molecule has 0 aliphatic carbocycles. The molecule has 0 saturated carbocycles. The molecular weight excluding hydrogens is 226 g/mol. The molecule has 18 heavy (non-hydrogen) atoms. The smallest absolute Gasteiger partial charge is 0.0724 e. The number of aromatic nitrogens is 2. The van der Waals surface area contributed by atoms with Gasteiger partial charge in [-0.15, -0.1) is 0 Å². The third kappa shape index (κ3) is 3.33. The summed E-state index contributed by atoms with van der Waals surface area (Å²) in [6, 6.07) is 0. The van der Waals surface area contributed by atoms with E-state index in [4.69, 9.17) is 4.74 Å². The highest BCUT2D eigenvalue weighted by molar-refractivity contribution is 5.04. The summed E-state index contributed by atoms with van der Waals surface area (Å²) in [6.45, 7) is 8.74. The second kappa shape index (κ2) is 6.34. The summed E-state index contributed by atoms with van der Waals surface area (Å²) in [7, 11) is 1.83. The minimum Gasteiger partial charge on any atom is -0.380 e. The molecule has 1 aliphatic rings. The molecule has 0 spiro atoms. The zero-order valence-corrected chi connectivity index (χ0v) is 11.8. The fraction of sp³-hybridized carbons (Fsp3) is 0.786. The molecule has 1 aromatic heterocycles. The lowest BCUT2D eigenvalue weighted by Crippen LogP contribution is -2.44. The minimum absolute atomic E-state index is 0.400. The molecule has 0 N–H and O–H groups in total. The third-order valence-corrected chi connectivity index (χ3v) is 4.00. The van der Waals surface area contributed by atoms with Gasteiger partial charge < -0.3 is 9.64 Å². The van der Waals surface area contributed by atoms with Crippen molar-refractivity contribution in [2.24, 2.45) is 5.92 Å². The molecule has 1 aromatic rings. The van der Waals surface area contributed by atoms with Gasteiger partial charge in [0.25, 0.3) is 0 Å². The molecule has 4 nitrogen and oxygen atoms in total. The van der Waals surface area contributed by atoms with Gasteiger partial charge in [-0.25, -0.2) is 0 Å². The molecule has 2 rings (SSSR count). The Balaban J connectivity index is 1.79. The van der Waals surface area contributed by atoms with Crippen LogP contribution >= 0.6 is 0 Å². The van der Waals surface area contributed by atoms with Crippen LogP contribution in [0, 0.1) is 5.92 Å². The first-order valence-corrected chi connectivity index (χ1v) is 6.99. The first-order valence-electron chi connectivity index (χ1n) is 6.99. The van der Waals surface area contributed by atoms with Crippen molar-refractivity contribution in [2.45, 2.75) is 39.3 Å². The lowest BCUT2D eigenvalue weighted by Gasteiger charge is -2.36. The molecule has 2 atom stereocenters. The Morgan fingerprint density at radius 3 is 3.00 bits per heavy atom. The van der Waals surface area contributed by atoms with E-state index in [2.05, 4.69) is 30.0 Å². The van der Waals surface area contributed by atoms with Crippen molar-refractivity contribution in [3.05, 3.63) is 18.0 Å². The number of hydrogen-bond acceptors (Lipinski definition) is 3. The maximum Gasteiger partial charge on any atom is 0.0724 e. The number of ether oxygens (including phenoxy) is 1. The van der Waals surface area contributed by atoms with Crippen LogP contribution in [0.3, 0.4) is 0 Å². The van der Waals surface area contributed by atoms with E-state index in [1.807, 2.05) is 18.0 Å². The topological polar surface area (TPSA) is 30.3 Å². The van der Waals surface area contributed by atoms with Crippen LogP contribution in [-0.4, -0.2) is 47.5 Å². The van der Waals surface area contributed by atoms with Gasteiger partial charge >= 0.3 is 0 Å². The van der Waals surface area contributed by atoms with E-state index in [9.17, 15) is 0 Å². The van der Waals surface area contributed by atoms with Gasteiger partial charge in [-0.2, -0.15) is 5.10 Å². The zero-order valence-electron chi connectivity index (χ0n) is 11.8. The Morgan fingerprint density at radius 2 is 2.33 bits per heavy atom. The van der Waals surface area contributed by atoms with Gasteiger partial charge in [0.1, 0.15) is 0 Å². The molecule has 0 radical (unpaired) electrons. The Morgan fingerprint density at radius 1 is 1.50 bits per heavy atom. The molecule has 102 valence electrons. The van der Waals surface area contributed by atoms with Gasteiger partial charge in [0.15, 0.2) is 0 Å². The van der Waals surface area contributed by atoms with Crippen LogP contribution in [0.1, 0.15) is 25.8 Å². The second-order valence-corrected chi connectivity index (χ2v) is 5.29. The van der Waals surface area contributed by atoms with Crippen molar-refractivity contribution in [3.8, 4) is 0 Å². The Labute approximate surface area is 110 Å². The van der Waals surface area contributed by atoms with Gasteiger partial charge in [-0.05, 0) is 37.8 Å². The highest BCUT2D eigenvalue weighted by atomic mass is 16.5. The largest absolute Gasteiger partial charge is 0.380 e. The van der Waals surface area contributed by atoms with Crippen LogP contribution in [0.15, 0.2) is 12.4 Å². The zero-order chi connectivity index (χ0) is 13.0. The minimum atomic E-state index is 0.400. The monoisotopic (exact) mass is 251 g/mol. The van der Waals surface area contributed by atoms with Crippen LogP contribution in [0.4, 0.5) is 0 Å². The van der Waals surface area contributed by atoms with E-state index in [1.165, 1.54) is 18.5 Å². The number of methoxy groups -OCH3 is 1. The van der Waals surface area contributed by atoms with Crippen LogP contribution in [0.5, 0.6) is 0 Å². The summed E-state index contributed by atoms with van der Waals surface area (Å²) in [5.74, 6) is 0.689. The van der Waals surface area contributed by atoms with E-state index in [-0.39, 0.29) is 0 Å². The summed E-state index contributed by atoms with van der Waals surface area (Å²) in [5, 5.41) is 4.32. The lowest BCUT2D eigenvalue weighted by atomic mass is 9.95. The van der Waals surface area contributed by atoms with Crippen LogP contribution in [0.25, 0.3) is 0 Å². The van der Waals surface area contributed by atoms with Gasteiger partial charge in [-0.1, -0.05) is 6.92 Å². The predicted molar refractivity (Wildman–Crippen MR) is 72.6 cm³/mol. The van der Waals surface area contributed by atoms with E-state index in [0.717, 1.165) is 26.1 Å². The van der Waals surface area contributed by atoms with Gasteiger partial charge in [0.05, 0.1) is 12.3 Å². The van der Waals surface area contributed by atoms with E-state index >= 15 is 0 Å². The predicted octanol–water partition coefficient (Wildman–Crippen LogP) is 1.80. The molecular formula is C14H25N3O. The van der Waals surface area contributed by atoms with Crippen molar-refractivity contribution >= 4 is 0 Å². The molecule has 2 heterocycles. The maximum atomic E-state index is 5.55. The molecule has 1 saturated heterocycles. The quantitative estimate of drug-likeness (QED) is 0.799. The van der Waals surface area contributed by atoms with Crippen molar-refractivity contribution in [1.29, 1.82) is 0 Å². The summed E-state index contributed by atoms with van der Waals surface area (Å²) in [4.78, 5) is 2.51. The Hall–Kier alpha value is -0.870. The fourth-order valence-corrected chi connectivity index (χ4v) is 2.60. The van der Waals surface area contributed by atoms with Crippen molar-refractivity contribution in [1.82, 2.24) is 14.7 Å². The summed E-state index contributed by atoms with van der Waals surface area (Å²) in [6.07, 6.45) is 6.87. The Kier molecular flexibility index (Phi) is 4.78. The van der Waals surface area contributed by atoms with Gasteiger partial charge in [-0.3, -0.25) is 4.68 Å². The average molecular weight is 251 g/mol. The van der Waals surface area contributed by atoms with Crippen LogP contribution in [0.2, 0.25) is 0 Å². The highest BCUT2D eigenvalue weighted by Crippen LogP contribution is 2.19. The lowest BCUT2D eigenvalue weighted by molar-refractivity contribution is -0.00447. The Bertz CT molecular complexity index is 364. The van der Waals surface area contributed by atoms with Crippen LogP contribution in [-0.2, 0) is 17.7 Å². The standard InChI is InChI=1S/C14H25N3O/c1-4-17-10-13(9-15-17)6-8-16-7-5-12(2)14(11-16)18-3/h9-10,12,14H,4-8,11H2,1-3H3/t12-,14+/m0/s1. The number of rotatable bonds is 5. The maximum absolute atomic E-state index is 5.55. The first kappa shape index (κ1) is 13.6.